The maximum atomic E-state index is 12.7. The highest BCUT2D eigenvalue weighted by molar-refractivity contribution is 9.13. The summed E-state index contributed by atoms with van der Waals surface area (Å²) in [5.41, 5.74) is 1.23. The van der Waals surface area contributed by atoms with Crippen molar-refractivity contribution in [3.63, 3.8) is 0 Å². The zero-order valence-corrected chi connectivity index (χ0v) is 17.5. The number of thioether (sulfide) groups is 1. The summed E-state index contributed by atoms with van der Waals surface area (Å²) < 4.78 is 6.35. The molecule has 0 saturated carbocycles. The van der Waals surface area contributed by atoms with Crippen molar-refractivity contribution in [3.05, 3.63) is 61.4 Å². The van der Waals surface area contributed by atoms with E-state index in [0.29, 0.717) is 14.5 Å². The first-order valence-electron chi connectivity index (χ1n) is 7.46. The summed E-state index contributed by atoms with van der Waals surface area (Å²) in [5.74, 6) is -0.249. The number of carbonyl (C=O) groups excluding carboxylic acids is 2. The number of phenolic OH excluding ortho intramolecular Hbond substituents is 1. The number of rotatable bonds is 4. The van der Waals surface area contributed by atoms with Crippen LogP contribution in [0.1, 0.15) is 11.1 Å². The van der Waals surface area contributed by atoms with Gasteiger partial charge in [-0.2, -0.15) is 0 Å². The third kappa shape index (κ3) is 3.67. The second-order valence-corrected chi connectivity index (χ2v) is 8.03. The monoisotopic (exact) mass is 497 g/mol. The number of nitrogens with zero attached hydrogens (tertiary/aromatic N) is 1. The van der Waals surface area contributed by atoms with Crippen molar-refractivity contribution in [2.75, 3.05) is 7.11 Å². The first-order chi connectivity index (χ1) is 12.4. The molecule has 0 atom stereocenters. The number of methoxy groups -OCH3 is 1. The number of amides is 2. The first kappa shape index (κ1) is 19.0. The molecule has 0 spiro atoms. The molecule has 0 aromatic heterocycles. The van der Waals surface area contributed by atoms with Gasteiger partial charge in [-0.3, -0.25) is 14.5 Å². The van der Waals surface area contributed by atoms with Crippen LogP contribution < -0.4 is 4.74 Å². The highest BCUT2D eigenvalue weighted by Gasteiger charge is 2.35. The topological polar surface area (TPSA) is 66.8 Å². The molecule has 134 valence electrons. The van der Waals surface area contributed by atoms with Crippen LogP contribution in [0.15, 0.2) is 50.2 Å². The number of imide groups is 1. The molecule has 26 heavy (non-hydrogen) atoms. The molecule has 3 rings (SSSR count). The van der Waals surface area contributed by atoms with E-state index in [1.807, 2.05) is 30.3 Å². The maximum absolute atomic E-state index is 12.7. The van der Waals surface area contributed by atoms with Gasteiger partial charge in [-0.05, 0) is 61.3 Å². The van der Waals surface area contributed by atoms with Crippen LogP contribution in [0.25, 0.3) is 6.08 Å². The minimum absolute atomic E-state index is 0.113. The number of ether oxygens (including phenoxy) is 1. The lowest BCUT2D eigenvalue weighted by Crippen LogP contribution is -2.27. The molecule has 8 heteroatoms. The largest absolute Gasteiger partial charge is 0.504 e. The van der Waals surface area contributed by atoms with Crippen molar-refractivity contribution in [2.45, 2.75) is 6.54 Å². The van der Waals surface area contributed by atoms with Crippen molar-refractivity contribution in [2.24, 2.45) is 0 Å². The summed E-state index contributed by atoms with van der Waals surface area (Å²) in [7, 11) is 1.44. The van der Waals surface area contributed by atoms with Crippen LogP contribution in [0, 0.1) is 0 Å². The quantitative estimate of drug-likeness (QED) is 0.589. The van der Waals surface area contributed by atoms with Crippen LogP contribution >= 0.6 is 43.6 Å². The second kappa shape index (κ2) is 7.85. The van der Waals surface area contributed by atoms with E-state index >= 15 is 0 Å². The van der Waals surface area contributed by atoms with Gasteiger partial charge in [0.2, 0.25) is 0 Å². The Kier molecular flexibility index (Phi) is 5.74. The van der Waals surface area contributed by atoms with Gasteiger partial charge in [0.05, 0.1) is 18.6 Å². The van der Waals surface area contributed by atoms with E-state index in [1.54, 1.807) is 6.07 Å². The fourth-order valence-corrected chi connectivity index (χ4v) is 4.09. The molecule has 0 bridgehead atoms. The highest BCUT2D eigenvalue weighted by Crippen LogP contribution is 2.43. The third-order valence-electron chi connectivity index (χ3n) is 3.74. The summed E-state index contributed by atoms with van der Waals surface area (Å²) in [4.78, 5) is 26.4. The van der Waals surface area contributed by atoms with E-state index in [-0.39, 0.29) is 28.2 Å². The minimum atomic E-state index is -0.394. The standard InChI is InChI=1S/C18H13Br2NO4S/c1-25-13-8-12(19)15(20)11(16(13)22)7-14-17(23)21(18(24)26-14)9-10-5-3-2-4-6-10/h2-8,22H,9H2,1H3/b14-7-. The average molecular weight is 499 g/mol. The van der Waals surface area contributed by atoms with Crippen molar-refractivity contribution in [3.8, 4) is 11.5 Å². The molecule has 0 unspecified atom stereocenters. The van der Waals surface area contributed by atoms with Crippen LogP contribution in [0.3, 0.4) is 0 Å². The van der Waals surface area contributed by atoms with E-state index in [4.69, 9.17) is 4.74 Å². The zero-order chi connectivity index (χ0) is 18.8. The molecular weight excluding hydrogens is 486 g/mol. The van der Waals surface area contributed by atoms with E-state index < -0.39 is 5.91 Å². The first-order valence-corrected chi connectivity index (χ1v) is 9.87. The lowest BCUT2D eigenvalue weighted by Gasteiger charge is -2.12. The normalized spacial score (nSPS) is 15.8. The summed E-state index contributed by atoms with van der Waals surface area (Å²) in [6.07, 6.45) is 1.49. The van der Waals surface area contributed by atoms with Gasteiger partial charge in [0, 0.05) is 14.5 Å². The SMILES string of the molecule is COc1cc(Br)c(Br)c(/C=C2\SC(=O)N(Cc3ccccc3)C2=O)c1O. The molecule has 1 heterocycles. The van der Waals surface area contributed by atoms with E-state index in [0.717, 1.165) is 17.3 Å². The lowest BCUT2D eigenvalue weighted by molar-refractivity contribution is -0.123. The Hall–Kier alpha value is -1.77. The maximum Gasteiger partial charge on any atom is 0.293 e. The molecule has 1 N–H and O–H groups in total. The van der Waals surface area contributed by atoms with Crippen LogP contribution in [0.5, 0.6) is 11.5 Å². The molecule has 2 aromatic carbocycles. The number of benzene rings is 2. The number of halogens is 2. The van der Waals surface area contributed by atoms with Crippen LogP contribution in [-0.4, -0.2) is 28.3 Å². The van der Waals surface area contributed by atoms with Crippen molar-refractivity contribution < 1.29 is 19.4 Å². The van der Waals surface area contributed by atoms with Crippen LogP contribution in [0.2, 0.25) is 0 Å². The number of carbonyl (C=O) groups is 2. The molecule has 0 aliphatic carbocycles. The van der Waals surface area contributed by atoms with Gasteiger partial charge in [-0.15, -0.1) is 0 Å². The summed E-state index contributed by atoms with van der Waals surface area (Å²) in [6.45, 7) is 0.206. The minimum Gasteiger partial charge on any atom is -0.504 e. The van der Waals surface area contributed by atoms with Gasteiger partial charge in [0.25, 0.3) is 11.1 Å². The Morgan fingerprint density at radius 3 is 2.58 bits per heavy atom. The summed E-state index contributed by atoms with van der Waals surface area (Å²) in [5, 5.41) is 10.0. The summed E-state index contributed by atoms with van der Waals surface area (Å²) in [6, 6.07) is 10.9. The van der Waals surface area contributed by atoms with Gasteiger partial charge in [-0.1, -0.05) is 30.3 Å². The fourth-order valence-electron chi connectivity index (χ4n) is 2.43. The Bertz CT molecular complexity index is 915. The predicted octanol–water partition coefficient (Wildman–Crippen LogP) is 5.16. The van der Waals surface area contributed by atoms with Gasteiger partial charge < -0.3 is 9.84 Å². The number of hydrogen-bond acceptors (Lipinski definition) is 5. The van der Waals surface area contributed by atoms with E-state index in [2.05, 4.69) is 31.9 Å². The van der Waals surface area contributed by atoms with Gasteiger partial charge in [0.1, 0.15) is 0 Å². The van der Waals surface area contributed by atoms with Crippen LogP contribution in [-0.2, 0) is 11.3 Å². The Balaban J connectivity index is 1.95. The average Bonchev–Trinajstić information content (AvgIpc) is 2.90. The van der Waals surface area contributed by atoms with Gasteiger partial charge in [-0.25, -0.2) is 0 Å². The molecule has 5 nitrogen and oxygen atoms in total. The molecule has 0 radical (unpaired) electrons. The molecule has 1 saturated heterocycles. The molecule has 1 aliphatic heterocycles. The number of aromatic hydroxyl groups is 1. The van der Waals surface area contributed by atoms with E-state index in [9.17, 15) is 14.7 Å². The number of phenols is 1. The second-order valence-electron chi connectivity index (χ2n) is 5.39. The van der Waals surface area contributed by atoms with Crippen molar-refractivity contribution in [1.82, 2.24) is 4.90 Å². The molecular formula is C18H13Br2NO4S. The van der Waals surface area contributed by atoms with Crippen molar-refractivity contribution in [1.29, 1.82) is 0 Å². The predicted molar refractivity (Wildman–Crippen MR) is 108 cm³/mol. The zero-order valence-electron chi connectivity index (χ0n) is 13.5. The Morgan fingerprint density at radius 1 is 1.23 bits per heavy atom. The fraction of sp³-hybridized carbons (Fsp3) is 0.111. The molecule has 1 fully saturated rings. The molecule has 2 amide bonds. The number of hydrogen-bond donors (Lipinski definition) is 1. The smallest absolute Gasteiger partial charge is 0.293 e. The third-order valence-corrected chi connectivity index (χ3v) is 6.66. The summed E-state index contributed by atoms with van der Waals surface area (Å²) >= 11 is 7.59. The van der Waals surface area contributed by atoms with Crippen molar-refractivity contribution >= 4 is 60.8 Å². The molecule has 2 aromatic rings. The molecule has 1 aliphatic rings. The van der Waals surface area contributed by atoms with E-state index in [1.165, 1.54) is 18.1 Å². The Morgan fingerprint density at radius 2 is 1.92 bits per heavy atom. The Labute approximate surface area is 171 Å². The lowest BCUT2D eigenvalue weighted by atomic mass is 10.1. The van der Waals surface area contributed by atoms with Crippen LogP contribution in [0.4, 0.5) is 4.79 Å². The van der Waals surface area contributed by atoms with Gasteiger partial charge >= 0.3 is 0 Å². The van der Waals surface area contributed by atoms with Gasteiger partial charge in [0.15, 0.2) is 11.5 Å². The highest BCUT2D eigenvalue weighted by atomic mass is 79.9.